The third-order valence-corrected chi connectivity index (χ3v) is 7.66. The van der Waals surface area contributed by atoms with Gasteiger partial charge in [-0.1, -0.05) is 6.07 Å². The second kappa shape index (κ2) is 9.08. The number of nitrogens with zero attached hydrogens (tertiary/aromatic N) is 4. The van der Waals surface area contributed by atoms with Crippen molar-refractivity contribution in [3.8, 4) is 5.75 Å². The summed E-state index contributed by atoms with van der Waals surface area (Å²) in [4.78, 5) is 14.2. The number of piperidine rings is 1. The van der Waals surface area contributed by atoms with E-state index in [4.69, 9.17) is 9.47 Å². The Morgan fingerprint density at radius 1 is 1.03 bits per heavy atom. The molecule has 2 N–H and O–H groups in total. The molecule has 0 bridgehead atoms. The van der Waals surface area contributed by atoms with Gasteiger partial charge in [0.25, 0.3) is 0 Å². The Bertz CT molecular complexity index is 1000. The second-order valence-electron chi connectivity index (χ2n) is 9.71. The molecule has 1 atom stereocenters. The fourth-order valence-electron chi connectivity index (χ4n) is 5.85. The minimum absolute atomic E-state index is 0.468. The molecule has 0 radical (unpaired) electrons. The van der Waals surface area contributed by atoms with Gasteiger partial charge in [-0.25, -0.2) is 9.97 Å². The van der Waals surface area contributed by atoms with E-state index in [1.54, 1.807) is 6.33 Å². The van der Waals surface area contributed by atoms with Crippen molar-refractivity contribution in [1.29, 1.82) is 0 Å². The summed E-state index contributed by atoms with van der Waals surface area (Å²) in [5.41, 5.74) is 4.64. The van der Waals surface area contributed by atoms with Crippen LogP contribution in [-0.4, -0.2) is 73.4 Å². The summed E-state index contributed by atoms with van der Waals surface area (Å²) in [5.74, 6) is 3.31. The van der Waals surface area contributed by atoms with Crippen LogP contribution in [0.3, 0.4) is 0 Å². The van der Waals surface area contributed by atoms with E-state index in [0.29, 0.717) is 12.5 Å². The molecule has 0 amide bonds. The molecule has 0 saturated carbocycles. The van der Waals surface area contributed by atoms with Gasteiger partial charge in [0.2, 0.25) is 0 Å². The molecule has 0 spiro atoms. The first-order valence-electron chi connectivity index (χ1n) is 12.4. The lowest BCUT2D eigenvalue weighted by Crippen LogP contribution is -2.41. The Hall–Kier alpha value is -2.42. The Morgan fingerprint density at radius 3 is 2.73 bits per heavy atom. The van der Waals surface area contributed by atoms with Crippen LogP contribution < -0.4 is 20.3 Å². The number of nitrogens with one attached hydrogen (secondary N) is 2. The van der Waals surface area contributed by atoms with Gasteiger partial charge in [0.05, 0.1) is 24.5 Å². The maximum atomic E-state index is 6.35. The molecular weight excluding hydrogens is 416 g/mol. The highest BCUT2D eigenvalue weighted by Crippen LogP contribution is 2.41. The first-order chi connectivity index (χ1) is 16.3. The summed E-state index contributed by atoms with van der Waals surface area (Å²) in [6.07, 6.45) is 5.43. The quantitative estimate of drug-likeness (QED) is 0.740. The van der Waals surface area contributed by atoms with E-state index < -0.39 is 0 Å². The van der Waals surface area contributed by atoms with E-state index in [-0.39, 0.29) is 0 Å². The fourth-order valence-corrected chi connectivity index (χ4v) is 5.85. The number of benzene rings is 1. The number of morpholine rings is 1. The lowest BCUT2D eigenvalue weighted by atomic mass is 9.95. The largest absolute Gasteiger partial charge is 0.486 e. The van der Waals surface area contributed by atoms with Crippen LogP contribution >= 0.6 is 0 Å². The molecule has 4 aliphatic rings. The Labute approximate surface area is 195 Å². The summed E-state index contributed by atoms with van der Waals surface area (Å²) in [7, 11) is 0. The number of fused-ring (bicyclic) bond motifs is 2. The molecule has 0 aliphatic carbocycles. The molecule has 6 rings (SSSR count). The van der Waals surface area contributed by atoms with E-state index in [1.807, 2.05) is 0 Å². The topological polar surface area (TPSA) is 74.8 Å². The maximum absolute atomic E-state index is 6.35. The first kappa shape index (κ1) is 21.1. The van der Waals surface area contributed by atoms with Crippen molar-refractivity contribution in [3.63, 3.8) is 0 Å². The van der Waals surface area contributed by atoms with Crippen molar-refractivity contribution in [2.45, 2.75) is 44.8 Å². The van der Waals surface area contributed by atoms with E-state index in [1.165, 1.54) is 36.9 Å². The molecule has 2 aromatic rings. The minimum atomic E-state index is 0.468. The smallest absolute Gasteiger partial charge is 0.146 e. The summed E-state index contributed by atoms with van der Waals surface area (Å²) in [6, 6.07) is 5.37. The van der Waals surface area contributed by atoms with E-state index in [0.717, 1.165) is 80.6 Å². The van der Waals surface area contributed by atoms with Crippen LogP contribution in [0.4, 0.5) is 17.3 Å². The van der Waals surface area contributed by atoms with Gasteiger partial charge in [0, 0.05) is 25.7 Å². The average molecular weight is 451 g/mol. The zero-order chi connectivity index (χ0) is 22.2. The second-order valence-corrected chi connectivity index (χ2v) is 9.71. The van der Waals surface area contributed by atoms with Crippen LogP contribution in [0.2, 0.25) is 0 Å². The maximum Gasteiger partial charge on any atom is 0.146 e. The third-order valence-electron chi connectivity index (χ3n) is 7.66. The fraction of sp³-hybridized carbons (Fsp3) is 0.600. The Balaban J connectivity index is 1.25. The number of anilines is 3. The monoisotopic (exact) mass is 450 g/mol. The summed E-state index contributed by atoms with van der Waals surface area (Å²) in [5, 5.41) is 7.10. The van der Waals surface area contributed by atoms with Crippen LogP contribution in [-0.2, 0) is 11.3 Å². The van der Waals surface area contributed by atoms with Crippen LogP contribution in [0.1, 0.15) is 41.9 Å². The summed E-state index contributed by atoms with van der Waals surface area (Å²) >= 11 is 0. The van der Waals surface area contributed by atoms with Gasteiger partial charge in [-0.2, -0.15) is 0 Å². The van der Waals surface area contributed by atoms with Crippen molar-refractivity contribution >= 4 is 17.3 Å². The van der Waals surface area contributed by atoms with Gasteiger partial charge in [-0.05, 0) is 68.9 Å². The predicted molar refractivity (Wildman–Crippen MR) is 129 cm³/mol. The van der Waals surface area contributed by atoms with Crippen molar-refractivity contribution in [3.05, 3.63) is 35.2 Å². The molecule has 5 heterocycles. The number of aryl methyl sites for hydroxylation is 1. The molecule has 1 aromatic heterocycles. The zero-order valence-corrected chi connectivity index (χ0v) is 19.5. The molecule has 3 fully saturated rings. The highest BCUT2D eigenvalue weighted by atomic mass is 16.5. The van der Waals surface area contributed by atoms with Crippen LogP contribution in [0.15, 0.2) is 18.5 Å². The zero-order valence-electron chi connectivity index (χ0n) is 19.5. The third kappa shape index (κ3) is 4.16. The average Bonchev–Trinajstić information content (AvgIpc) is 3.27. The Morgan fingerprint density at radius 2 is 1.88 bits per heavy atom. The molecule has 3 saturated heterocycles. The van der Waals surface area contributed by atoms with E-state index in [9.17, 15) is 0 Å². The van der Waals surface area contributed by atoms with Crippen molar-refractivity contribution in [1.82, 2.24) is 20.2 Å². The van der Waals surface area contributed by atoms with Gasteiger partial charge in [0.15, 0.2) is 0 Å². The van der Waals surface area contributed by atoms with Crippen LogP contribution in [0.5, 0.6) is 5.75 Å². The highest BCUT2D eigenvalue weighted by molar-refractivity contribution is 5.73. The van der Waals surface area contributed by atoms with Crippen molar-refractivity contribution in [2.75, 3.05) is 62.7 Å². The summed E-state index contributed by atoms with van der Waals surface area (Å²) < 4.78 is 11.9. The molecule has 8 heteroatoms. The number of likely N-dealkylation sites (tertiary alicyclic amines) is 1. The lowest BCUT2D eigenvalue weighted by Gasteiger charge is -2.31. The van der Waals surface area contributed by atoms with Crippen molar-refractivity contribution in [2.24, 2.45) is 0 Å². The molecule has 4 aliphatic heterocycles. The molecule has 176 valence electrons. The summed E-state index contributed by atoms with van der Waals surface area (Å²) in [6.45, 7) is 10.4. The predicted octanol–water partition coefficient (Wildman–Crippen LogP) is 2.80. The van der Waals surface area contributed by atoms with E-state index >= 15 is 0 Å². The Kier molecular flexibility index (Phi) is 5.82. The minimum Gasteiger partial charge on any atom is -0.486 e. The number of hydrogen-bond donors (Lipinski definition) is 2. The first-order valence-corrected chi connectivity index (χ1v) is 12.4. The molecule has 0 unspecified atom stereocenters. The lowest BCUT2D eigenvalue weighted by molar-refractivity contribution is 0.122. The SMILES string of the molecule is Cc1cc([C@H]2CCN(C3CCNCC3)C2)cc2c1OCc1c(ncnc1N1CCOCC1)N2. The molecular formula is C25H34N6O2. The number of aromatic nitrogens is 2. The van der Waals surface area contributed by atoms with Crippen LogP contribution in [0.25, 0.3) is 0 Å². The number of rotatable bonds is 3. The van der Waals surface area contributed by atoms with Gasteiger partial charge in [0.1, 0.15) is 30.3 Å². The molecule has 8 nitrogen and oxygen atoms in total. The standard InChI is InChI=1S/C25H34N6O2/c1-17-12-19(18-4-7-31(14-18)20-2-5-26-6-3-20)13-22-23(17)33-15-21-24(29-22)27-16-28-25(21)30-8-10-32-11-9-30/h12-13,16,18,20,26H,2-11,14-15H2,1H3,(H,27,28,29)/t18-/m0/s1. The molecule has 1 aromatic carbocycles. The normalized spacial score (nSPS) is 23.9. The van der Waals surface area contributed by atoms with Gasteiger partial charge < -0.3 is 25.0 Å². The van der Waals surface area contributed by atoms with E-state index in [2.05, 4.69) is 49.5 Å². The molecule has 33 heavy (non-hydrogen) atoms. The van der Waals surface area contributed by atoms with Crippen molar-refractivity contribution < 1.29 is 9.47 Å². The number of hydrogen-bond acceptors (Lipinski definition) is 8. The van der Waals surface area contributed by atoms with Gasteiger partial charge in [-0.3, -0.25) is 4.90 Å². The highest BCUT2D eigenvalue weighted by Gasteiger charge is 2.31. The van der Waals surface area contributed by atoms with Crippen LogP contribution in [0, 0.1) is 6.92 Å². The number of ether oxygens (including phenoxy) is 2. The van der Waals surface area contributed by atoms with Gasteiger partial charge in [-0.15, -0.1) is 0 Å². The van der Waals surface area contributed by atoms with Gasteiger partial charge >= 0.3 is 0 Å².